The molecule has 1 atom stereocenters. The Morgan fingerprint density at radius 2 is 2.03 bits per heavy atom. The summed E-state index contributed by atoms with van der Waals surface area (Å²) in [5, 5.41) is 0.510. The van der Waals surface area contributed by atoms with Crippen LogP contribution < -0.4 is 4.90 Å². The van der Waals surface area contributed by atoms with Crippen LogP contribution in [0.15, 0.2) is 58.3 Å². The average molecular weight is 463 g/mol. The first-order valence-corrected chi connectivity index (χ1v) is 13.3. The second-order valence-electron chi connectivity index (χ2n) is 7.01. The lowest BCUT2D eigenvalue weighted by Gasteiger charge is -2.23. The van der Waals surface area contributed by atoms with Crippen molar-refractivity contribution in [2.24, 2.45) is 0 Å². The van der Waals surface area contributed by atoms with Crippen molar-refractivity contribution in [1.29, 1.82) is 0 Å². The number of amides is 1. The Morgan fingerprint density at radius 3 is 2.73 bits per heavy atom. The number of nitrogens with zero attached hydrogens (tertiary/aromatic N) is 2. The van der Waals surface area contributed by atoms with E-state index in [-0.39, 0.29) is 11.0 Å². The summed E-state index contributed by atoms with van der Waals surface area (Å²) in [4.78, 5) is 20.6. The molecule has 1 saturated heterocycles. The first-order valence-electron chi connectivity index (χ1n) is 9.61. The Labute approximate surface area is 184 Å². The van der Waals surface area contributed by atoms with E-state index in [1.165, 1.54) is 28.4 Å². The van der Waals surface area contributed by atoms with Gasteiger partial charge in [0.15, 0.2) is 15.0 Å². The second kappa shape index (κ2) is 9.05. The van der Waals surface area contributed by atoms with Gasteiger partial charge in [-0.2, -0.15) is 0 Å². The quantitative estimate of drug-likeness (QED) is 0.494. The SMILES string of the molecule is CSc1cccc2sc(N(CC3CCCO3)C(=O)CS(=O)(=O)c3ccccc3)nc12. The number of para-hydroxylation sites is 1. The van der Waals surface area contributed by atoms with Gasteiger partial charge in [-0.25, -0.2) is 13.4 Å². The lowest BCUT2D eigenvalue weighted by molar-refractivity contribution is -0.116. The third kappa shape index (κ3) is 4.54. The predicted octanol–water partition coefficient (Wildman–Crippen LogP) is 4.00. The molecule has 1 amide bonds. The first kappa shape index (κ1) is 21.3. The molecule has 1 fully saturated rings. The Balaban J connectivity index is 1.67. The van der Waals surface area contributed by atoms with Gasteiger partial charge in [0.05, 0.1) is 27.8 Å². The monoisotopic (exact) mass is 462 g/mol. The van der Waals surface area contributed by atoms with Crippen LogP contribution in [0.3, 0.4) is 0 Å². The van der Waals surface area contributed by atoms with E-state index in [4.69, 9.17) is 9.72 Å². The van der Waals surface area contributed by atoms with Crippen LogP contribution in [0.25, 0.3) is 10.2 Å². The summed E-state index contributed by atoms with van der Waals surface area (Å²) in [5.74, 6) is -1.09. The number of aromatic nitrogens is 1. The van der Waals surface area contributed by atoms with Crippen molar-refractivity contribution in [3.63, 3.8) is 0 Å². The fraction of sp³-hybridized carbons (Fsp3) is 0.333. The molecule has 2 aromatic carbocycles. The van der Waals surface area contributed by atoms with Crippen molar-refractivity contribution in [2.75, 3.05) is 30.1 Å². The maximum absolute atomic E-state index is 13.2. The number of benzene rings is 2. The smallest absolute Gasteiger partial charge is 0.244 e. The number of anilines is 1. The molecular weight excluding hydrogens is 440 g/mol. The molecule has 0 spiro atoms. The fourth-order valence-electron chi connectivity index (χ4n) is 3.42. The van der Waals surface area contributed by atoms with Crippen LogP contribution in [-0.2, 0) is 19.4 Å². The molecule has 0 bridgehead atoms. The van der Waals surface area contributed by atoms with Gasteiger partial charge in [-0.3, -0.25) is 9.69 Å². The van der Waals surface area contributed by atoms with Crippen LogP contribution in [0.4, 0.5) is 5.13 Å². The van der Waals surface area contributed by atoms with Crippen LogP contribution in [0, 0.1) is 0 Å². The first-order chi connectivity index (χ1) is 14.5. The standard InChI is InChI=1S/C21H22N2O4S3/c1-28-17-10-5-11-18-20(17)22-21(29-18)23(13-15-7-6-12-27-15)19(24)14-30(25,26)16-8-3-2-4-9-16/h2-5,8-11,15H,6-7,12-14H2,1H3. The minimum absolute atomic E-state index is 0.111. The Bertz CT molecular complexity index is 1140. The van der Waals surface area contributed by atoms with E-state index in [1.807, 2.05) is 24.5 Å². The number of ether oxygens (including phenoxy) is 1. The van der Waals surface area contributed by atoms with Crippen LogP contribution in [0.2, 0.25) is 0 Å². The number of carbonyl (C=O) groups excluding carboxylic acids is 1. The van der Waals surface area contributed by atoms with Crippen molar-refractivity contribution in [3.05, 3.63) is 48.5 Å². The number of hydrogen-bond donors (Lipinski definition) is 0. The number of hydrogen-bond acceptors (Lipinski definition) is 7. The molecule has 0 N–H and O–H groups in total. The lowest BCUT2D eigenvalue weighted by atomic mass is 10.2. The zero-order valence-electron chi connectivity index (χ0n) is 16.5. The van der Waals surface area contributed by atoms with E-state index in [1.54, 1.807) is 30.0 Å². The summed E-state index contributed by atoms with van der Waals surface area (Å²) >= 11 is 2.99. The molecule has 0 aliphatic carbocycles. The molecule has 1 aliphatic rings. The van der Waals surface area contributed by atoms with Crippen molar-refractivity contribution >= 4 is 54.2 Å². The van der Waals surface area contributed by atoms with Crippen LogP contribution in [0.5, 0.6) is 0 Å². The van der Waals surface area contributed by atoms with Crippen molar-refractivity contribution < 1.29 is 17.9 Å². The minimum Gasteiger partial charge on any atom is -0.376 e. The third-order valence-electron chi connectivity index (χ3n) is 4.95. The van der Waals surface area contributed by atoms with E-state index in [0.717, 1.165) is 28.0 Å². The second-order valence-corrected chi connectivity index (χ2v) is 10.9. The van der Waals surface area contributed by atoms with Crippen LogP contribution in [0.1, 0.15) is 12.8 Å². The summed E-state index contributed by atoms with van der Waals surface area (Å²) in [5.41, 5.74) is 0.834. The largest absolute Gasteiger partial charge is 0.376 e. The summed E-state index contributed by atoms with van der Waals surface area (Å²) in [6, 6.07) is 14.0. The third-order valence-corrected chi connectivity index (χ3v) is 8.38. The van der Waals surface area contributed by atoms with Crippen LogP contribution >= 0.6 is 23.1 Å². The van der Waals surface area contributed by atoms with Gasteiger partial charge in [-0.15, -0.1) is 11.8 Å². The van der Waals surface area contributed by atoms with Gasteiger partial charge >= 0.3 is 0 Å². The minimum atomic E-state index is -3.75. The van der Waals surface area contributed by atoms with E-state index in [2.05, 4.69) is 0 Å². The molecule has 30 heavy (non-hydrogen) atoms. The molecule has 3 aromatic rings. The number of sulfone groups is 1. The summed E-state index contributed by atoms with van der Waals surface area (Å²) < 4.78 is 32.3. The molecule has 1 aliphatic heterocycles. The van der Waals surface area contributed by atoms with Crippen molar-refractivity contribution in [1.82, 2.24) is 4.98 Å². The van der Waals surface area contributed by atoms with E-state index in [0.29, 0.717) is 18.3 Å². The predicted molar refractivity (Wildman–Crippen MR) is 121 cm³/mol. The van der Waals surface area contributed by atoms with Gasteiger partial charge in [-0.1, -0.05) is 35.6 Å². The molecule has 0 saturated carbocycles. The molecule has 6 nitrogen and oxygen atoms in total. The Morgan fingerprint density at radius 1 is 1.23 bits per heavy atom. The topological polar surface area (TPSA) is 76.6 Å². The molecule has 1 aromatic heterocycles. The highest BCUT2D eigenvalue weighted by molar-refractivity contribution is 7.98. The summed E-state index contributed by atoms with van der Waals surface area (Å²) in [6.45, 7) is 0.961. The van der Waals surface area contributed by atoms with Crippen molar-refractivity contribution in [2.45, 2.75) is 28.7 Å². The van der Waals surface area contributed by atoms with Gasteiger partial charge in [0.1, 0.15) is 5.75 Å². The number of rotatable bonds is 7. The summed E-state index contributed by atoms with van der Waals surface area (Å²) in [7, 11) is -3.75. The number of fused-ring (bicyclic) bond motifs is 1. The Kier molecular flexibility index (Phi) is 6.43. The molecule has 0 radical (unpaired) electrons. The van der Waals surface area contributed by atoms with E-state index >= 15 is 0 Å². The normalized spacial score (nSPS) is 16.8. The van der Waals surface area contributed by atoms with Gasteiger partial charge in [-0.05, 0) is 43.4 Å². The highest BCUT2D eigenvalue weighted by atomic mass is 32.2. The molecule has 158 valence electrons. The van der Waals surface area contributed by atoms with Gasteiger partial charge in [0, 0.05) is 11.5 Å². The maximum atomic E-state index is 13.2. The number of thiazole rings is 1. The number of carbonyl (C=O) groups is 1. The van der Waals surface area contributed by atoms with Gasteiger partial charge in [0.25, 0.3) is 0 Å². The maximum Gasteiger partial charge on any atom is 0.244 e. The lowest BCUT2D eigenvalue weighted by Crippen LogP contribution is -2.40. The zero-order valence-corrected chi connectivity index (χ0v) is 18.9. The zero-order chi connectivity index (χ0) is 21.1. The van der Waals surface area contributed by atoms with Gasteiger partial charge in [0.2, 0.25) is 5.91 Å². The van der Waals surface area contributed by atoms with Gasteiger partial charge < -0.3 is 4.74 Å². The molecule has 4 rings (SSSR count). The van der Waals surface area contributed by atoms with E-state index in [9.17, 15) is 13.2 Å². The highest BCUT2D eigenvalue weighted by Crippen LogP contribution is 2.35. The summed E-state index contributed by atoms with van der Waals surface area (Å²) in [6.07, 6.45) is 3.65. The fourth-order valence-corrected chi connectivity index (χ4v) is 6.29. The number of thioether (sulfide) groups is 1. The average Bonchev–Trinajstić information content (AvgIpc) is 3.41. The molecule has 2 heterocycles. The van der Waals surface area contributed by atoms with Crippen LogP contribution in [-0.4, -0.2) is 50.6 Å². The highest BCUT2D eigenvalue weighted by Gasteiger charge is 2.30. The molecular formula is C21H22N2O4S3. The van der Waals surface area contributed by atoms with Crippen molar-refractivity contribution in [3.8, 4) is 0 Å². The van der Waals surface area contributed by atoms with E-state index < -0.39 is 21.5 Å². The molecule has 9 heteroatoms. The molecule has 1 unspecified atom stereocenters. The Hall–Kier alpha value is -1.94.